The van der Waals surface area contributed by atoms with Crippen molar-refractivity contribution >= 4 is 0 Å². The molecule has 0 aliphatic rings. The highest BCUT2D eigenvalue weighted by Crippen LogP contribution is 2.04. The first kappa shape index (κ1) is 9.94. The van der Waals surface area contributed by atoms with Crippen molar-refractivity contribution in [2.24, 2.45) is 0 Å². The number of ether oxygens (including phenoxy) is 1. The van der Waals surface area contributed by atoms with Gasteiger partial charge in [0.1, 0.15) is 0 Å². The SMILES string of the molecule is [c]1ccccc1COCc1ccccc1. The maximum atomic E-state index is 5.57. The third kappa shape index (κ3) is 3.22. The predicted molar refractivity (Wildman–Crippen MR) is 60.2 cm³/mol. The Kier molecular flexibility index (Phi) is 3.53. The molecule has 2 aromatic carbocycles. The van der Waals surface area contributed by atoms with Crippen LogP contribution in [0.1, 0.15) is 11.1 Å². The van der Waals surface area contributed by atoms with Crippen LogP contribution in [0.25, 0.3) is 0 Å². The summed E-state index contributed by atoms with van der Waals surface area (Å²) in [6.45, 7) is 1.28. The predicted octanol–water partition coefficient (Wildman–Crippen LogP) is 3.20. The monoisotopic (exact) mass is 197 g/mol. The van der Waals surface area contributed by atoms with E-state index in [1.807, 2.05) is 42.5 Å². The topological polar surface area (TPSA) is 9.23 Å². The van der Waals surface area contributed by atoms with E-state index in [0.29, 0.717) is 13.2 Å². The molecule has 0 aliphatic carbocycles. The van der Waals surface area contributed by atoms with E-state index >= 15 is 0 Å². The van der Waals surface area contributed by atoms with E-state index in [1.165, 1.54) is 5.56 Å². The Morgan fingerprint density at radius 2 is 1.67 bits per heavy atom. The Bertz CT molecular complexity index is 341. The second-order valence-corrected chi connectivity index (χ2v) is 3.37. The van der Waals surface area contributed by atoms with E-state index in [1.54, 1.807) is 0 Å². The van der Waals surface area contributed by atoms with Gasteiger partial charge in [-0.15, -0.1) is 0 Å². The largest absolute Gasteiger partial charge is 0.372 e. The quantitative estimate of drug-likeness (QED) is 0.731. The van der Waals surface area contributed by atoms with Gasteiger partial charge >= 0.3 is 0 Å². The lowest BCUT2D eigenvalue weighted by Gasteiger charge is -2.03. The van der Waals surface area contributed by atoms with E-state index in [2.05, 4.69) is 18.2 Å². The molecule has 0 aromatic heterocycles. The summed E-state index contributed by atoms with van der Waals surface area (Å²) in [5.41, 5.74) is 2.29. The number of hydrogen-bond acceptors (Lipinski definition) is 1. The molecule has 2 rings (SSSR count). The van der Waals surface area contributed by atoms with Crippen molar-refractivity contribution in [2.75, 3.05) is 0 Å². The first-order valence-corrected chi connectivity index (χ1v) is 5.02. The van der Waals surface area contributed by atoms with Crippen molar-refractivity contribution in [1.82, 2.24) is 0 Å². The van der Waals surface area contributed by atoms with Gasteiger partial charge in [-0.05, 0) is 17.2 Å². The van der Waals surface area contributed by atoms with Crippen LogP contribution in [0.3, 0.4) is 0 Å². The maximum Gasteiger partial charge on any atom is 0.0727 e. The summed E-state index contributed by atoms with van der Waals surface area (Å²) in [5.74, 6) is 0. The summed E-state index contributed by atoms with van der Waals surface area (Å²) in [5, 5.41) is 0. The van der Waals surface area contributed by atoms with Gasteiger partial charge in [0.2, 0.25) is 0 Å². The minimum absolute atomic E-state index is 0.621. The summed E-state index contributed by atoms with van der Waals surface area (Å²) in [7, 11) is 0. The zero-order valence-corrected chi connectivity index (χ0v) is 8.52. The standard InChI is InChI=1S/C14H13O/c1-3-7-13(8-4-1)11-15-12-14-9-5-2-6-10-14/h1-9H,11-12H2. The van der Waals surface area contributed by atoms with Gasteiger partial charge in [-0.2, -0.15) is 0 Å². The molecule has 0 saturated heterocycles. The molecule has 0 aliphatic heterocycles. The molecule has 75 valence electrons. The van der Waals surface area contributed by atoms with Gasteiger partial charge < -0.3 is 4.74 Å². The molecule has 1 radical (unpaired) electrons. The Hall–Kier alpha value is -1.60. The second-order valence-electron chi connectivity index (χ2n) is 3.37. The summed E-state index contributed by atoms with van der Waals surface area (Å²) >= 11 is 0. The Morgan fingerprint density at radius 1 is 0.867 bits per heavy atom. The van der Waals surface area contributed by atoms with Gasteiger partial charge in [-0.3, -0.25) is 0 Å². The summed E-state index contributed by atoms with van der Waals surface area (Å²) in [6.07, 6.45) is 0. The van der Waals surface area contributed by atoms with Crippen LogP contribution in [-0.2, 0) is 18.0 Å². The van der Waals surface area contributed by atoms with Crippen LogP contribution in [0.5, 0.6) is 0 Å². The molecule has 0 bridgehead atoms. The highest BCUT2D eigenvalue weighted by molar-refractivity contribution is 5.14. The molecular formula is C14H13O. The van der Waals surface area contributed by atoms with Gasteiger partial charge in [0, 0.05) is 0 Å². The highest BCUT2D eigenvalue weighted by Gasteiger charge is 1.93. The van der Waals surface area contributed by atoms with Crippen LogP contribution in [0.2, 0.25) is 0 Å². The molecular weight excluding hydrogens is 184 g/mol. The Morgan fingerprint density at radius 3 is 2.40 bits per heavy atom. The molecule has 1 heteroatoms. The molecule has 0 unspecified atom stereocenters. The maximum absolute atomic E-state index is 5.57. The van der Waals surface area contributed by atoms with E-state index < -0.39 is 0 Å². The highest BCUT2D eigenvalue weighted by atomic mass is 16.5. The molecule has 0 spiro atoms. The van der Waals surface area contributed by atoms with Crippen LogP contribution < -0.4 is 0 Å². The molecule has 15 heavy (non-hydrogen) atoms. The van der Waals surface area contributed by atoms with E-state index in [0.717, 1.165) is 5.56 Å². The van der Waals surface area contributed by atoms with E-state index in [4.69, 9.17) is 4.74 Å². The Balaban J connectivity index is 1.81. The fourth-order valence-corrected chi connectivity index (χ4v) is 1.37. The fourth-order valence-electron chi connectivity index (χ4n) is 1.37. The molecule has 0 heterocycles. The van der Waals surface area contributed by atoms with E-state index in [9.17, 15) is 0 Å². The van der Waals surface area contributed by atoms with Crippen molar-refractivity contribution in [3.8, 4) is 0 Å². The molecule has 1 nitrogen and oxygen atoms in total. The molecule has 0 N–H and O–H groups in total. The third-order valence-corrected chi connectivity index (χ3v) is 2.14. The van der Waals surface area contributed by atoms with Crippen LogP contribution in [0, 0.1) is 6.07 Å². The van der Waals surface area contributed by atoms with Gasteiger partial charge in [-0.1, -0.05) is 54.6 Å². The van der Waals surface area contributed by atoms with E-state index in [-0.39, 0.29) is 0 Å². The lowest BCUT2D eigenvalue weighted by atomic mass is 10.2. The average molecular weight is 197 g/mol. The zero-order valence-electron chi connectivity index (χ0n) is 8.52. The normalized spacial score (nSPS) is 10.1. The minimum atomic E-state index is 0.621. The van der Waals surface area contributed by atoms with Gasteiger partial charge in [0.15, 0.2) is 0 Å². The Labute approximate surface area is 90.3 Å². The summed E-state index contributed by atoms with van der Waals surface area (Å²) in [6, 6.07) is 21.2. The second kappa shape index (κ2) is 5.32. The first-order chi connectivity index (χ1) is 7.45. The van der Waals surface area contributed by atoms with Crippen molar-refractivity contribution < 1.29 is 4.74 Å². The first-order valence-electron chi connectivity index (χ1n) is 5.02. The molecule has 0 saturated carbocycles. The van der Waals surface area contributed by atoms with Crippen LogP contribution in [0.4, 0.5) is 0 Å². The third-order valence-electron chi connectivity index (χ3n) is 2.14. The lowest BCUT2D eigenvalue weighted by molar-refractivity contribution is 0.107. The summed E-state index contributed by atoms with van der Waals surface area (Å²) in [4.78, 5) is 0. The number of benzene rings is 2. The van der Waals surface area contributed by atoms with Crippen molar-refractivity contribution in [1.29, 1.82) is 0 Å². The van der Waals surface area contributed by atoms with Gasteiger partial charge in [-0.25, -0.2) is 0 Å². The molecule has 0 amide bonds. The van der Waals surface area contributed by atoms with Crippen LogP contribution >= 0.6 is 0 Å². The van der Waals surface area contributed by atoms with Gasteiger partial charge in [0.05, 0.1) is 13.2 Å². The summed E-state index contributed by atoms with van der Waals surface area (Å²) < 4.78 is 5.57. The minimum Gasteiger partial charge on any atom is -0.372 e. The zero-order chi connectivity index (χ0) is 10.3. The van der Waals surface area contributed by atoms with Crippen molar-refractivity contribution in [2.45, 2.75) is 13.2 Å². The fraction of sp³-hybridized carbons (Fsp3) is 0.143. The molecule has 0 fully saturated rings. The number of rotatable bonds is 4. The molecule has 2 aromatic rings. The van der Waals surface area contributed by atoms with Crippen molar-refractivity contribution in [3.05, 3.63) is 71.8 Å². The average Bonchev–Trinajstić information content (AvgIpc) is 2.32. The van der Waals surface area contributed by atoms with Gasteiger partial charge in [0.25, 0.3) is 0 Å². The van der Waals surface area contributed by atoms with Crippen LogP contribution in [-0.4, -0.2) is 0 Å². The smallest absolute Gasteiger partial charge is 0.0727 e. The molecule has 0 atom stereocenters. The van der Waals surface area contributed by atoms with Crippen molar-refractivity contribution in [3.63, 3.8) is 0 Å². The van der Waals surface area contributed by atoms with Crippen LogP contribution in [0.15, 0.2) is 54.6 Å². The lowest BCUT2D eigenvalue weighted by Crippen LogP contribution is -1.93. The number of hydrogen-bond donors (Lipinski definition) is 0.